The molecule has 0 aliphatic heterocycles. The monoisotopic (exact) mass is 281 g/mol. The Bertz CT molecular complexity index is 462. The van der Waals surface area contributed by atoms with Crippen LogP contribution in [0.2, 0.25) is 0 Å². The number of carbonyl (C=O) groups is 2. The lowest BCUT2D eigenvalue weighted by atomic mass is 10.1. The van der Waals surface area contributed by atoms with Crippen LogP contribution >= 0.6 is 11.8 Å². The summed E-state index contributed by atoms with van der Waals surface area (Å²) in [4.78, 5) is 26.2. The molecule has 0 radical (unpaired) electrons. The minimum Gasteiger partial charge on any atom is -0.469 e. The molecule has 1 aromatic carbocycles. The first-order chi connectivity index (χ1) is 9.01. The predicted molar refractivity (Wildman–Crippen MR) is 76.4 cm³/mol. The SMILES string of the molecule is COC(=O)C(C)CN(C)C(=O)c1ccccc1SC. The largest absolute Gasteiger partial charge is 0.469 e. The summed E-state index contributed by atoms with van der Waals surface area (Å²) in [5.74, 6) is -0.723. The summed E-state index contributed by atoms with van der Waals surface area (Å²) in [6, 6.07) is 7.45. The molecule has 19 heavy (non-hydrogen) atoms. The van der Waals surface area contributed by atoms with Crippen LogP contribution in [0.25, 0.3) is 0 Å². The molecular formula is C14H19NO3S. The summed E-state index contributed by atoms with van der Waals surface area (Å²) in [5.41, 5.74) is 0.662. The normalized spacial score (nSPS) is 11.8. The van der Waals surface area contributed by atoms with Crippen molar-refractivity contribution in [1.82, 2.24) is 4.90 Å². The maximum atomic E-state index is 12.3. The lowest BCUT2D eigenvalue weighted by Crippen LogP contribution is -2.34. The Morgan fingerprint density at radius 1 is 1.37 bits per heavy atom. The highest BCUT2D eigenvalue weighted by Crippen LogP contribution is 2.21. The number of benzene rings is 1. The summed E-state index contributed by atoms with van der Waals surface area (Å²) in [6.45, 7) is 2.09. The number of carbonyl (C=O) groups excluding carboxylic acids is 2. The summed E-state index contributed by atoms with van der Waals surface area (Å²) in [6.07, 6.45) is 1.93. The van der Waals surface area contributed by atoms with E-state index in [2.05, 4.69) is 4.74 Å². The van der Waals surface area contributed by atoms with Crippen molar-refractivity contribution in [2.45, 2.75) is 11.8 Å². The number of nitrogens with zero attached hydrogens (tertiary/aromatic N) is 1. The summed E-state index contributed by atoms with van der Waals surface area (Å²) in [5, 5.41) is 0. The number of thioether (sulfide) groups is 1. The van der Waals surface area contributed by atoms with Crippen LogP contribution in [0, 0.1) is 5.92 Å². The summed E-state index contributed by atoms with van der Waals surface area (Å²) < 4.78 is 4.66. The van der Waals surface area contributed by atoms with Crippen LogP contribution < -0.4 is 0 Å². The van der Waals surface area contributed by atoms with Crippen molar-refractivity contribution in [3.05, 3.63) is 29.8 Å². The molecule has 0 aliphatic rings. The van der Waals surface area contributed by atoms with Gasteiger partial charge < -0.3 is 9.64 Å². The quantitative estimate of drug-likeness (QED) is 0.613. The molecule has 1 atom stereocenters. The number of methoxy groups -OCH3 is 1. The molecule has 4 nitrogen and oxygen atoms in total. The molecule has 0 fully saturated rings. The minimum atomic E-state index is -0.333. The first kappa shape index (κ1) is 15.6. The standard InChI is InChI=1S/C14H19NO3S/c1-10(14(17)18-3)9-15(2)13(16)11-7-5-6-8-12(11)19-4/h5-8,10H,9H2,1-4H3. The molecule has 0 heterocycles. The van der Waals surface area contributed by atoms with Crippen molar-refractivity contribution in [1.29, 1.82) is 0 Å². The van der Waals surface area contributed by atoms with Crippen LogP contribution in [0.5, 0.6) is 0 Å². The fourth-order valence-corrected chi connectivity index (χ4v) is 2.39. The molecule has 0 bridgehead atoms. The highest BCUT2D eigenvalue weighted by atomic mass is 32.2. The average Bonchev–Trinajstić information content (AvgIpc) is 2.45. The van der Waals surface area contributed by atoms with E-state index in [0.717, 1.165) is 4.90 Å². The van der Waals surface area contributed by atoms with Gasteiger partial charge in [0.1, 0.15) is 0 Å². The van der Waals surface area contributed by atoms with Gasteiger partial charge >= 0.3 is 5.97 Å². The fourth-order valence-electron chi connectivity index (χ4n) is 1.80. The van der Waals surface area contributed by atoms with Crippen molar-refractivity contribution in [3.8, 4) is 0 Å². The Kier molecular flexibility index (Phi) is 5.89. The number of esters is 1. The first-order valence-electron chi connectivity index (χ1n) is 5.97. The van der Waals surface area contributed by atoms with E-state index in [1.165, 1.54) is 18.9 Å². The number of amides is 1. The van der Waals surface area contributed by atoms with E-state index >= 15 is 0 Å². The van der Waals surface area contributed by atoms with E-state index in [4.69, 9.17) is 0 Å². The van der Waals surface area contributed by atoms with Crippen LogP contribution in [0.1, 0.15) is 17.3 Å². The molecule has 0 saturated carbocycles. The third kappa shape index (κ3) is 3.99. The molecule has 104 valence electrons. The molecule has 0 N–H and O–H groups in total. The van der Waals surface area contributed by atoms with Gasteiger partial charge in [0.05, 0.1) is 18.6 Å². The van der Waals surface area contributed by atoms with Crippen LogP contribution in [-0.4, -0.2) is 43.7 Å². The van der Waals surface area contributed by atoms with Crippen molar-refractivity contribution in [2.24, 2.45) is 5.92 Å². The first-order valence-corrected chi connectivity index (χ1v) is 7.20. The van der Waals surface area contributed by atoms with Crippen molar-refractivity contribution >= 4 is 23.6 Å². The zero-order valence-electron chi connectivity index (χ0n) is 11.7. The number of rotatable bonds is 5. The van der Waals surface area contributed by atoms with Gasteiger partial charge in [0.15, 0.2) is 0 Å². The van der Waals surface area contributed by atoms with Gasteiger partial charge in [0, 0.05) is 18.5 Å². The van der Waals surface area contributed by atoms with E-state index in [0.29, 0.717) is 12.1 Å². The Hall–Kier alpha value is -1.49. The zero-order chi connectivity index (χ0) is 14.4. The second-order valence-corrected chi connectivity index (χ2v) is 5.16. The number of hydrogen-bond donors (Lipinski definition) is 0. The summed E-state index contributed by atoms with van der Waals surface area (Å²) in [7, 11) is 3.04. The Morgan fingerprint density at radius 3 is 2.58 bits per heavy atom. The van der Waals surface area contributed by atoms with E-state index < -0.39 is 0 Å². The van der Waals surface area contributed by atoms with E-state index in [9.17, 15) is 9.59 Å². The van der Waals surface area contributed by atoms with E-state index in [1.54, 1.807) is 24.9 Å². The zero-order valence-corrected chi connectivity index (χ0v) is 12.5. The van der Waals surface area contributed by atoms with Crippen LogP contribution in [0.4, 0.5) is 0 Å². The molecule has 0 aliphatic carbocycles. The lowest BCUT2D eigenvalue weighted by Gasteiger charge is -2.21. The van der Waals surface area contributed by atoms with Gasteiger partial charge in [-0.2, -0.15) is 0 Å². The second-order valence-electron chi connectivity index (χ2n) is 4.31. The second kappa shape index (κ2) is 7.19. The Morgan fingerprint density at radius 2 is 2.00 bits per heavy atom. The minimum absolute atomic E-state index is 0.0827. The average molecular weight is 281 g/mol. The molecule has 1 unspecified atom stereocenters. The molecule has 1 amide bonds. The van der Waals surface area contributed by atoms with Crippen LogP contribution in [-0.2, 0) is 9.53 Å². The number of ether oxygens (including phenoxy) is 1. The highest BCUT2D eigenvalue weighted by molar-refractivity contribution is 7.98. The van der Waals surface area contributed by atoms with E-state index in [1.807, 2.05) is 24.5 Å². The molecule has 0 saturated heterocycles. The van der Waals surface area contributed by atoms with Gasteiger partial charge in [0.25, 0.3) is 5.91 Å². The Labute approximate surface area is 118 Å². The smallest absolute Gasteiger partial charge is 0.310 e. The molecule has 0 aromatic heterocycles. The number of hydrogen-bond acceptors (Lipinski definition) is 4. The third-order valence-electron chi connectivity index (χ3n) is 2.84. The van der Waals surface area contributed by atoms with Crippen molar-refractivity contribution in [2.75, 3.05) is 27.0 Å². The van der Waals surface area contributed by atoms with Gasteiger partial charge in [-0.15, -0.1) is 11.8 Å². The van der Waals surface area contributed by atoms with Gasteiger partial charge in [-0.05, 0) is 18.4 Å². The van der Waals surface area contributed by atoms with Gasteiger partial charge in [0.2, 0.25) is 0 Å². The third-order valence-corrected chi connectivity index (χ3v) is 3.63. The topological polar surface area (TPSA) is 46.6 Å². The summed E-state index contributed by atoms with van der Waals surface area (Å²) >= 11 is 1.53. The van der Waals surface area contributed by atoms with Crippen molar-refractivity contribution in [3.63, 3.8) is 0 Å². The van der Waals surface area contributed by atoms with Crippen LogP contribution in [0.15, 0.2) is 29.2 Å². The van der Waals surface area contributed by atoms with Gasteiger partial charge in [-0.1, -0.05) is 19.1 Å². The van der Waals surface area contributed by atoms with Gasteiger partial charge in [-0.25, -0.2) is 0 Å². The van der Waals surface area contributed by atoms with Crippen LogP contribution in [0.3, 0.4) is 0 Å². The Balaban J connectivity index is 2.79. The molecule has 1 rings (SSSR count). The lowest BCUT2D eigenvalue weighted by molar-refractivity contribution is -0.145. The van der Waals surface area contributed by atoms with Crippen molar-refractivity contribution < 1.29 is 14.3 Å². The maximum absolute atomic E-state index is 12.3. The molecule has 5 heteroatoms. The predicted octanol–water partition coefficient (Wildman–Crippen LogP) is 2.29. The maximum Gasteiger partial charge on any atom is 0.310 e. The molecule has 1 aromatic rings. The fraction of sp³-hybridized carbons (Fsp3) is 0.429. The van der Waals surface area contributed by atoms with E-state index in [-0.39, 0.29) is 17.8 Å². The van der Waals surface area contributed by atoms with Gasteiger partial charge in [-0.3, -0.25) is 9.59 Å². The highest BCUT2D eigenvalue weighted by Gasteiger charge is 2.20. The molecular weight excluding hydrogens is 262 g/mol. The molecule has 0 spiro atoms.